The molecule has 0 saturated carbocycles. The average molecular weight is 335 g/mol. The van der Waals surface area contributed by atoms with E-state index in [0.717, 1.165) is 31.7 Å². The van der Waals surface area contributed by atoms with Crippen LogP contribution in [0.2, 0.25) is 0 Å². The molecule has 0 aliphatic carbocycles. The lowest BCUT2D eigenvalue weighted by Gasteiger charge is -2.43. The molecule has 22 heavy (non-hydrogen) atoms. The van der Waals surface area contributed by atoms with Crippen LogP contribution in [0.4, 0.5) is 8.78 Å². The SMILES string of the molecule is CC(C)(C)[C@H](c1ccccc1OC(F)F)N1CCNCC1.Cl. The molecule has 0 unspecified atom stereocenters. The van der Waals surface area contributed by atoms with Crippen molar-refractivity contribution in [3.63, 3.8) is 0 Å². The fraction of sp³-hybridized carbons (Fsp3) is 0.625. The zero-order chi connectivity index (χ0) is 15.5. The number of hydrogen-bond donors (Lipinski definition) is 1. The molecule has 1 aliphatic rings. The number of nitrogens with one attached hydrogen (secondary N) is 1. The highest BCUT2D eigenvalue weighted by molar-refractivity contribution is 5.85. The van der Waals surface area contributed by atoms with Gasteiger partial charge in [-0.25, -0.2) is 0 Å². The molecular weight excluding hydrogens is 310 g/mol. The zero-order valence-electron chi connectivity index (χ0n) is 13.3. The van der Waals surface area contributed by atoms with Crippen molar-refractivity contribution in [3.05, 3.63) is 29.8 Å². The molecule has 3 nitrogen and oxygen atoms in total. The normalized spacial score (nSPS) is 17.9. The molecule has 6 heteroatoms. The maximum absolute atomic E-state index is 12.7. The molecule has 1 atom stereocenters. The third-order valence-electron chi connectivity index (χ3n) is 3.77. The number of para-hydroxylation sites is 1. The van der Waals surface area contributed by atoms with Gasteiger partial charge in [-0.2, -0.15) is 8.78 Å². The van der Waals surface area contributed by atoms with Gasteiger partial charge in [-0.15, -0.1) is 12.4 Å². The van der Waals surface area contributed by atoms with Crippen LogP contribution in [0.25, 0.3) is 0 Å². The van der Waals surface area contributed by atoms with Gasteiger partial charge in [0.2, 0.25) is 0 Å². The van der Waals surface area contributed by atoms with E-state index in [1.165, 1.54) is 0 Å². The van der Waals surface area contributed by atoms with Crippen LogP contribution in [0.1, 0.15) is 32.4 Å². The minimum atomic E-state index is -2.80. The van der Waals surface area contributed by atoms with Gasteiger partial charge in [0.15, 0.2) is 0 Å². The first kappa shape index (κ1) is 19.1. The van der Waals surface area contributed by atoms with E-state index in [9.17, 15) is 8.78 Å². The molecule has 0 bridgehead atoms. The maximum atomic E-state index is 12.7. The summed E-state index contributed by atoms with van der Waals surface area (Å²) >= 11 is 0. The third kappa shape index (κ3) is 4.80. The molecule has 1 aromatic rings. The number of nitrogens with zero attached hydrogens (tertiary/aromatic N) is 1. The summed E-state index contributed by atoms with van der Waals surface area (Å²) < 4.78 is 30.1. The Morgan fingerprint density at radius 1 is 1.14 bits per heavy atom. The lowest BCUT2D eigenvalue weighted by Crippen LogP contribution is -2.48. The summed E-state index contributed by atoms with van der Waals surface area (Å²) in [5.41, 5.74) is 0.769. The molecule has 1 N–H and O–H groups in total. The van der Waals surface area contributed by atoms with Crippen molar-refractivity contribution in [2.45, 2.75) is 33.4 Å². The Morgan fingerprint density at radius 2 is 1.73 bits per heavy atom. The summed E-state index contributed by atoms with van der Waals surface area (Å²) in [7, 11) is 0. The van der Waals surface area contributed by atoms with E-state index >= 15 is 0 Å². The minimum Gasteiger partial charge on any atom is -0.434 e. The van der Waals surface area contributed by atoms with Crippen molar-refractivity contribution < 1.29 is 13.5 Å². The number of ether oxygens (including phenoxy) is 1. The molecule has 1 fully saturated rings. The molecule has 126 valence electrons. The lowest BCUT2D eigenvalue weighted by molar-refractivity contribution is -0.0522. The minimum absolute atomic E-state index is 0. The Bertz CT molecular complexity index is 460. The number of rotatable bonds is 4. The molecule has 0 aromatic heterocycles. The Hall–Kier alpha value is -0.910. The molecule has 1 saturated heterocycles. The average Bonchev–Trinajstić information content (AvgIpc) is 2.40. The Morgan fingerprint density at radius 3 is 2.27 bits per heavy atom. The zero-order valence-corrected chi connectivity index (χ0v) is 14.1. The van der Waals surface area contributed by atoms with Crippen molar-refractivity contribution in [2.24, 2.45) is 5.41 Å². The number of halogens is 3. The van der Waals surface area contributed by atoms with Crippen LogP contribution in [0, 0.1) is 5.41 Å². The Kier molecular flexibility index (Phi) is 7.03. The summed E-state index contributed by atoms with van der Waals surface area (Å²) in [6.45, 7) is 7.27. The van der Waals surface area contributed by atoms with E-state index in [1.807, 2.05) is 12.1 Å². The first-order chi connectivity index (χ1) is 9.89. The molecule has 0 amide bonds. The molecule has 2 rings (SSSR count). The fourth-order valence-electron chi connectivity index (χ4n) is 3.06. The molecule has 1 aromatic carbocycles. The van der Waals surface area contributed by atoms with Crippen LogP contribution in [-0.4, -0.2) is 37.7 Å². The predicted octanol–water partition coefficient (Wildman–Crippen LogP) is 3.70. The van der Waals surface area contributed by atoms with E-state index in [2.05, 4.69) is 31.0 Å². The molecular formula is C16H25ClF2N2O. The monoisotopic (exact) mass is 334 g/mol. The topological polar surface area (TPSA) is 24.5 Å². The largest absolute Gasteiger partial charge is 0.434 e. The highest BCUT2D eigenvalue weighted by Crippen LogP contribution is 2.42. The van der Waals surface area contributed by atoms with Crippen LogP contribution < -0.4 is 10.1 Å². The first-order valence-electron chi connectivity index (χ1n) is 7.38. The van der Waals surface area contributed by atoms with Gasteiger partial charge in [0, 0.05) is 37.8 Å². The molecule has 0 spiro atoms. The van der Waals surface area contributed by atoms with Gasteiger partial charge in [-0.3, -0.25) is 4.90 Å². The van der Waals surface area contributed by atoms with Crippen LogP contribution in [0.3, 0.4) is 0 Å². The van der Waals surface area contributed by atoms with Crippen molar-refractivity contribution in [1.82, 2.24) is 10.2 Å². The van der Waals surface area contributed by atoms with Crippen LogP contribution >= 0.6 is 12.4 Å². The summed E-state index contributed by atoms with van der Waals surface area (Å²) in [5, 5.41) is 3.33. The van der Waals surface area contributed by atoms with Gasteiger partial charge in [-0.05, 0) is 11.5 Å². The van der Waals surface area contributed by atoms with Crippen molar-refractivity contribution in [2.75, 3.05) is 26.2 Å². The highest BCUT2D eigenvalue weighted by atomic mass is 35.5. The second-order valence-electron chi connectivity index (χ2n) is 6.47. The number of piperazine rings is 1. The Balaban J connectivity index is 0.00000242. The van der Waals surface area contributed by atoms with E-state index in [-0.39, 0.29) is 29.6 Å². The fourth-order valence-corrected chi connectivity index (χ4v) is 3.06. The second-order valence-corrected chi connectivity index (χ2v) is 6.47. The first-order valence-corrected chi connectivity index (χ1v) is 7.38. The van der Waals surface area contributed by atoms with Crippen molar-refractivity contribution >= 4 is 12.4 Å². The van der Waals surface area contributed by atoms with Gasteiger partial charge in [0.25, 0.3) is 0 Å². The second kappa shape index (κ2) is 8.09. The molecule has 1 heterocycles. The van der Waals surface area contributed by atoms with Crippen molar-refractivity contribution in [3.8, 4) is 5.75 Å². The summed E-state index contributed by atoms with van der Waals surface area (Å²) in [4.78, 5) is 2.35. The quantitative estimate of drug-likeness (QED) is 0.908. The predicted molar refractivity (Wildman–Crippen MR) is 87.0 cm³/mol. The standard InChI is InChI=1S/C16H24F2N2O.ClH/c1-16(2,3)14(20-10-8-19-9-11-20)12-6-4-5-7-13(12)21-15(17)18;/h4-7,14-15,19H,8-11H2,1-3H3;1H/t14-;/m0./s1. The van der Waals surface area contributed by atoms with Crippen LogP contribution in [0.5, 0.6) is 5.75 Å². The van der Waals surface area contributed by atoms with Crippen LogP contribution in [0.15, 0.2) is 24.3 Å². The summed E-state index contributed by atoms with van der Waals surface area (Å²) in [5.74, 6) is 0.283. The summed E-state index contributed by atoms with van der Waals surface area (Å²) in [6.07, 6.45) is 0. The van der Waals surface area contributed by atoms with Gasteiger partial charge in [0.05, 0.1) is 0 Å². The van der Waals surface area contributed by atoms with Gasteiger partial charge >= 0.3 is 6.61 Å². The van der Waals surface area contributed by atoms with Gasteiger partial charge in [-0.1, -0.05) is 39.0 Å². The maximum Gasteiger partial charge on any atom is 0.387 e. The Labute approximate surface area is 137 Å². The molecule has 0 radical (unpaired) electrons. The molecule has 1 aliphatic heterocycles. The van der Waals surface area contributed by atoms with E-state index < -0.39 is 6.61 Å². The lowest BCUT2D eigenvalue weighted by atomic mass is 9.80. The van der Waals surface area contributed by atoms with E-state index in [1.54, 1.807) is 12.1 Å². The van der Waals surface area contributed by atoms with Gasteiger partial charge in [0.1, 0.15) is 5.75 Å². The van der Waals surface area contributed by atoms with Gasteiger partial charge < -0.3 is 10.1 Å². The number of alkyl halides is 2. The third-order valence-corrected chi connectivity index (χ3v) is 3.77. The number of benzene rings is 1. The van der Waals surface area contributed by atoms with Crippen molar-refractivity contribution in [1.29, 1.82) is 0 Å². The highest BCUT2D eigenvalue weighted by Gasteiger charge is 2.34. The van der Waals surface area contributed by atoms with E-state index in [0.29, 0.717) is 0 Å². The van der Waals surface area contributed by atoms with Crippen LogP contribution in [-0.2, 0) is 0 Å². The van der Waals surface area contributed by atoms with E-state index in [4.69, 9.17) is 4.74 Å². The smallest absolute Gasteiger partial charge is 0.387 e. The number of hydrogen-bond acceptors (Lipinski definition) is 3. The summed E-state index contributed by atoms with van der Waals surface area (Å²) in [6, 6.07) is 7.19.